The zero-order valence-corrected chi connectivity index (χ0v) is 16.6. The topological polar surface area (TPSA) is 76.0 Å². The van der Waals surface area contributed by atoms with E-state index in [1.807, 2.05) is 54.6 Å². The number of hydrogen-bond acceptors (Lipinski definition) is 3. The molecule has 1 aliphatic rings. The van der Waals surface area contributed by atoms with E-state index in [1.165, 1.54) is 0 Å². The highest BCUT2D eigenvalue weighted by Gasteiger charge is 2.24. The number of halogens is 1. The molecule has 2 N–H and O–H groups in total. The molecule has 2 aromatic carbocycles. The number of para-hydroxylation sites is 1. The fourth-order valence-corrected chi connectivity index (χ4v) is 3.46. The number of rotatable bonds is 4. The third-order valence-corrected chi connectivity index (χ3v) is 5.23. The Morgan fingerprint density at radius 2 is 1.89 bits per heavy atom. The number of aromatic nitrogens is 2. The van der Waals surface area contributed by atoms with Crippen molar-refractivity contribution in [2.24, 2.45) is 0 Å². The maximum absolute atomic E-state index is 13.0. The van der Waals surface area contributed by atoms with Gasteiger partial charge >= 0.3 is 0 Å². The number of nitrogens with zero attached hydrogens (tertiary/aromatic N) is 2. The van der Waals surface area contributed by atoms with Crippen molar-refractivity contribution in [3.05, 3.63) is 70.8 Å². The van der Waals surface area contributed by atoms with Gasteiger partial charge < -0.3 is 10.6 Å². The Labute approximate surface area is 171 Å². The molecule has 3 aromatic rings. The van der Waals surface area contributed by atoms with Gasteiger partial charge in [-0.3, -0.25) is 9.59 Å². The van der Waals surface area contributed by atoms with Crippen molar-refractivity contribution in [3.63, 3.8) is 0 Å². The lowest BCUT2D eigenvalue weighted by Crippen LogP contribution is -2.47. The monoisotopic (exact) mass is 438 g/mol. The summed E-state index contributed by atoms with van der Waals surface area (Å²) in [6.07, 6.45) is 2.81. The number of carbonyl (C=O) groups is 2. The lowest BCUT2D eigenvalue weighted by Gasteiger charge is -2.23. The van der Waals surface area contributed by atoms with Crippen LogP contribution in [0.1, 0.15) is 23.2 Å². The molecule has 2 heterocycles. The number of carbonyl (C=O) groups excluding carboxylic acids is 2. The first kappa shape index (κ1) is 18.4. The Balaban J connectivity index is 1.67. The molecule has 0 radical (unpaired) electrons. The van der Waals surface area contributed by atoms with Gasteiger partial charge in [-0.15, -0.1) is 0 Å². The van der Waals surface area contributed by atoms with E-state index in [0.717, 1.165) is 15.7 Å². The normalized spacial score (nSPS) is 16.5. The van der Waals surface area contributed by atoms with Gasteiger partial charge in [0.25, 0.3) is 5.91 Å². The highest BCUT2D eigenvalue weighted by atomic mass is 79.9. The van der Waals surface area contributed by atoms with Crippen LogP contribution in [0.25, 0.3) is 16.9 Å². The van der Waals surface area contributed by atoms with Crippen LogP contribution in [0.3, 0.4) is 0 Å². The molecule has 0 bridgehead atoms. The van der Waals surface area contributed by atoms with Crippen LogP contribution >= 0.6 is 15.9 Å². The van der Waals surface area contributed by atoms with E-state index in [9.17, 15) is 9.59 Å². The molecule has 142 valence electrons. The predicted molar refractivity (Wildman–Crippen MR) is 110 cm³/mol. The lowest BCUT2D eigenvalue weighted by atomic mass is 10.0. The molecule has 6 nitrogen and oxygen atoms in total. The minimum absolute atomic E-state index is 0.0259. The van der Waals surface area contributed by atoms with E-state index in [0.29, 0.717) is 30.6 Å². The number of hydrogen-bond donors (Lipinski definition) is 2. The minimum atomic E-state index is -0.193. The second-order valence-electron chi connectivity index (χ2n) is 6.69. The Kier molecular flexibility index (Phi) is 5.25. The van der Waals surface area contributed by atoms with Crippen LogP contribution in [0.2, 0.25) is 0 Å². The third kappa shape index (κ3) is 3.99. The summed E-state index contributed by atoms with van der Waals surface area (Å²) in [4.78, 5) is 24.4. The quantitative estimate of drug-likeness (QED) is 0.655. The fourth-order valence-electron chi connectivity index (χ4n) is 3.19. The standard InChI is InChI=1S/C21H19BrN4O2/c22-15-8-6-14(7-9-15)20-18(13-26(25-20)17-4-2-1-3-5-17)21(28)24-16-10-11-19(27)23-12-16/h1-9,13,16H,10-12H2,(H,23,27)(H,24,28). The van der Waals surface area contributed by atoms with E-state index >= 15 is 0 Å². The first-order valence-electron chi connectivity index (χ1n) is 9.09. The van der Waals surface area contributed by atoms with Gasteiger partial charge in [0.1, 0.15) is 5.69 Å². The number of benzene rings is 2. The zero-order chi connectivity index (χ0) is 19.5. The van der Waals surface area contributed by atoms with E-state index in [4.69, 9.17) is 0 Å². The van der Waals surface area contributed by atoms with Gasteiger partial charge in [-0.1, -0.05) is 46.3 Å². The Morgan fingerprint density at radius 1 is 1.14 bits per heavy atom. The molecule has 0 saturated carbocycles. The minimum Gasteiger partial charge on any atom is -0.354 e. The summed E-state index contributed by atoms with van der Waals surface area (Å²) in [6, 6.07) is 17.3. The molecule has 1 atom stereocenters. The summed E-state index contributed by atoms with van der Waals surface area (Å²) >= 11 is 3.44. The Bertz CT molecular complexity index is 989. The van der Waals surface area contributed by atoms with Gasteiger partial charge in [0.2, 0.25) is 5.91 Å². The maximum Gasteiger partial charge on any atom is 0.255 e. The molecule has 4 rings (SSSR count). The Hall–Kier alpha value is -2.93. The molecule has 1 saturated heterocycles. The number of piperidine rings is 1. The van der Waals surface area contributed by atoms with Gasteiger partial charge in [0.05, 0.1) is 11.3 Å². The summed E-state index contributed by atoms with van der Waals surface area (Å²) < 4.78 is 2.68. The van der Waals surface area contributed by atoms with Gasteiger partial charge in [-0.05, 0) is 30.7 Å². The van der Waals surface area contributed by atoms with Crippen molar-refractivity contribution >= 4 is 27.7 Å². The van der Waals surface area contributed by atoms with Crippen molar-refractivity contribution in [2.75, 3.05) is 6.54 Å². The molecule has 0 aliphatic carbocycles. The lowest BCUT2D eigenvalue weighted by molar-refractivity contribution is -0.122. The molecular formula is C21H19BrN4O2. The van der Waals surface area contributed by atoms with Crippen LogP contribution in [-0.2, 0) is 4.79 Å². The highest BCUT2D eigenvalue weighted by molar-refractivity contribution is 9.10. The average molecular weight is 439 g/mol. The summed E-state index contributed by atoms with van der Waals surface area (Å²) in [7, 11) is 0. The molecule has 1 aromatic heterocycles. The smallest absolute Gasteiger partial charge is 0.255 e. The van der Waals surface area contributed by atoms with E-state index in [-0.39, 0.29) is 17.9 Å². The van der Waals surface area contributed by atoms with E-state index < -0.39 is 0 Å². The van der Waals surface area contributed by atoms with Gasteiger partial charge in [-0.2, -0.15) is 5.10 Å². The first-order valence-corrected chi connectivity index (χ1v) is 9.88. The number of nitrogens with one attached hydrogen (secondary N) is 2. The predicted octanol–water partition coefficient (Wildman–Crippen LogP) is 3.31. The molecule has 0 spiro atoms. The van der Waals surface area contributed by atoms with Crippen LogP contribution < -0.4 is 10.6 Å². The SMILES string of the molecule is O=C1CCC(NC(=O)c2cn(-c3ccccc3)nc2-c2ccc(Br)cc2)CN1. The summed E-state index contributed by atoms with van der Waals surface area (Å²) in [5.74, 6) is -0.167. The average Bonchev–Trinajstić information content (AvgIpc) is 3.17. The van der Waals surface area contributed by atoms with Crippen molar-refractivity contribution in [1.82, 2.24) is 20.4 Å². The summed E-state index contributed by atoms with van der Waals surface area (Å²) in [6.45, 7) is 0.449. The van der Waals surface area contributed by atoms with Gasteiger partial charge in [0.15, 0.2) is 0 Å². The Morgan fingerprint density at radius 3 is 2.57 bits per heavy atom. The molecule has 28 heavy (non-hydrogen) atoms. The third-order valence-electron chi connectivity index (χ3n) is 4.70. The zero-order valence-electron chi connectivity index (χ0n) is 15.1. The van der Waals surface area contributed by atoms with E-state index in [1.54, 1.807) is 10.9 Å². The summed E-state index contributed by atoms with van der Waals surface area (Å²) in [5, 5.41) is 10.5. The van der Waals surface area contributed by atoms with Crippen molar-refractivity contribution < 1.29 is 9.59 Å². The first-order chi connectivity index (χ1) is 13.6. The molecule has 1 fully saturated rings. The van der Waals surface area contributed by atoms with Crippen molar-refractivity contribution in [1.29, 1.82) is 0 Å². The van der Waals surface area contributed by atoms with Crippen LogP contribution in [-0.4, -0.2) is 34.2 Å². The van der Waals surface area contributed by atoms with Gasteiger partial charge in [0, 0.05) is 35.2 Å². The molecule has 2 amide bonds. The maximum atomic E-state index is 13.0. The second-order valence-corrected chi connectivity index (χ2v) is 7.61. The second kappa shape index (κ2) is 7.98. The van der Waals surface area contributed by atoms with Crippen LogP contribution in [0.15, 0.2) is 65.3 Å². The highest BCUT2D eigenvalue weighted by Crippen LogP contribution is 2.25. The van der Waals surface area contributed by atoms with Crippen LogP contribution in [0, 0.1) is 0 Å². The van der Waals surface area contributed by atoms with Crippen molar-refractivity contribution in [3.8, 4) is 16.9 Å². The van der Waals surface area contributed by atoms with Crippen LogP contribution in [0.5, 0.6) is 0 Å². The summed E-state index contributed by atoms with van der Waals surface area (Å²) in [5.41, 5.74) is 2.86. The molecular weight excluding hydrogens is 420 g/mol. The largest absolute Gasteiger partial charge is 0.354 e. The van der Waals surface area contributed by atoms with Crippen molar-refractivity contribution in [2.45, 2.75) is 18.9 Å². The van der Waals surface area contributed by atoms with Crippen LogP contribution in [0.4, 0.5) is 0 Å². The fraction of sp³-hybridized carbons (Fsp3) is 0.190. The molecule has 1 unspecified atom stereocenters. The number of amides is 2. The van der Waals surface area contributed by atoms with Gasteiger partial charge in [-0.25, -0.2) is 4.68 Å². The molecule has 7 heteroatoms. The molecule has 1 aliphatic heterocycles. The van der Waals surface area contributed by atoms with E-state index in [2.05, 4.69) is 31.7 Å².